The molecular weight excluding hydrogens is 294 g/mol. The van der Waals surface area contributed by atoms with Gasteiger partial charge in [0.25, 0.3) is 5.91 Å². The Kier molecular flexibility index (Phi) is 4.10. The minimum absolute atomic E-state index is 0.110. The molecule has 18 heavy (non-hydrogen) atoms. The van der Waals surface area contributed by atoms with Crippen LogP contribution in [0, 0.1) is 12.8 Å². The molecule has 1 atom stereocenters. The third-order valence-corrected chi connectivity index (χ3v) is 4.45. The minimum atomic E-state index is 0.110. The summed E-state index contributed by atoms with van der Waals surface area (Å²) in [7, 11) is 1.83. The number of amides is 1. The number of nitrogens with zero attached hydrogens (tertiary/aromatic N) is 3. The number of hydrogen-bond donors (Lipinski definition) is 0. The fourth-order valence-electron chi connectivity index (χ4n) is 2.53. The lowest BCUT2D eigenvalue weighted by atomic mass is 9.94. The number of carbonyl (C=O) groups excluding carboxylic acids is 1. The van der Waals surface area contributed by atoms with Crippen molar-refractivity contribution in [2.75, 3.05) is 13.1 Å². The molecule has 1 amide bonds. The van der Waals surface area contributed by atoms with Gasteiger partial charge in [-0.2, -0.15) is 5.10 Å². The van der Waals surface area contributed by atoms with Crippen LogP contribution in [0.5, 0.6) is 0 Å². The Balaban J connectivity index is 2.02. The van der Waals surface area contributed by atoms with Crippen molar-refractivity contribution < 1.29 is 4.79 Å². The van der Waals surface area contributed by atoms with E-state index in [1.165, 1.54) is 0 Å². The van der Waals surface area contributed by atoms with Crippen molar-refractivity contribution in [1.29, 1.82) is 0 Å². The summed E-state index contributed by atoms with van der Waals surface area (Å²) in [5, 5.41) is 4.23. The Morgan fingerprint density at radius 3 is 2.56 bits per heavy atom. The summed E-state index contributed by atoms with van der Waals surface area (Å²) in [5.74, 6) is 0.793. The summed E-state index contributed by atoms with van der Waals surface area (Å²) < 4.78 is 1.68. The monoisotopic (exact) mass is 313 g/mol. The van der Waals surface area contributed by atoms with Gasteiger partial charge in [-0.1, -0.05) is 22.9 Å². The van der Waals surface area contributed by atoms with Gasteiger partial charge in [0.15, 0.2) is 0 Å². The molecule has 1 saturated heterocycles. The normalized spacial score (nSPS) is 19.0. The maximum atomic E-state index is 12.4. The molecule has 1 unspecified atom stereocenters. The highest BCUT2D eigenvalue weighted by Gasteiger charge is 2.27. The summed E-state index contributed by atoms with van der Waals surface area (Å²) in [5.41, 5.74) is 1.59. The number of halogens is 1. The second-order valence-electron chi connectivity index (χ2n) is 5.10. The second-order valence-corrected chi connectivity index (χ2v) is 6.55. The summed E-state index contributed by atoms with van der Waals surface area (Å²) in [6.45, 7) is 5.80. The number of rotatable bonds is 2. The van der Waals surface area contributed by atoms with Crippen molar-refractivity contribution in [3.63, 3.8) is 0 Å². The number of aromatic nitrogens is 2. The van der Waals surface area contributed by atoms with Gasteiger partial charge >= 0.3 is 0 Å². The van der Waals surface area contributed by atoms with Crippen molar-refractivity contribution in [3.8, 4) is 0 Å². The van der Waals surface area contributed by atoms with Crippen LogP contribution in [0.1, 0.15) is 35.9 Å². The highest BCUT2D eigenvalue weighted by Crippen LogP contribution is 2.25. The SMILES string of the molecule is Cc1cc(C(=O)N2CCC(C(C)Br)CC2)n(C)n1. The molecule has 1 fully saturated rings. The van der Waals surface area contributed by atoms with E-state index in [1.807, 2.05) is 24.9 Å². The Hall–Kier alpha value is -0.840. The van der Waals surface area contributed by atoms with Crippen LogP contribution < -0.4 is 0 Å². The fourth-order valence-corrected chi connectivity index (χ4v) is 3.06. The molecule has 1 aromatic heterocycles. The van der Waals surface area contributed by atoms with Crippen LogP contribution in [-0.2, 0) is 7.05 Å². The van der Waals surface area contributed by atoms with Crippen LogP contribution in [0.25, 0.3) is 0 Å². The molecule has 0 aliphatic carbocycles. The summed E-state index contributed by atoms with van der Waals surface area (Å²) in [6.07, 6.45) is 2.16. The molecule has 2 heterocycles. The molecule has 0 radical (unpaired) electrons. The molecule has 0 N–H and O–H groups in total. The van der Waals surface area contributed by atoms with Crippen molar-refractivity contribution in [2.24, 2.45) is 13.0 Å². The topological polar surface area (TPSA) is 38.1 Å². The summed E-state index contributed by atoms with van der Waals surface area (Å²) in [6, 6.07) is 1.86. The van der Waals surface area contributed by atoms with Gasteiger partial charge in [-0.3, -0.25) is 9.48 Å². The minimum Gasteiger partial charge on any atom is -0.337 e. The number of piperidine rings is 1. The molecule has 1 aliphatic heterocycles. The van der Waals surface area contributed by atoms with Crippen LogP contribution in [0.3, 0.4) is 0 Å². The lowest BCUT2D eigenvalue weighted by Gasteiger charge is -2.33. The first-order valence-corrected chi connectivity index (χ1v) is 7.34. The molecule has 0 saturated carbocycles. The molecule has 5 heteroatoms. The lowest BCUT2D eigenvalue weighted by Crippen LogP contribution is -2.40. The highest BCUT2D eigenvalue weighted by molar-refractivity contribution is 9.09. The van der Waals surface area contributed by atoms with Gasteiger partial charge in [0.05, 0.1) is 5.69 Å². The number of carbonyl (C=O) groups is 1. The average Bonchev–Trinajstić information content (AvgIpc) is 2.67. The third-order valence-electron chi connectivity index (χ3n) is 3.70. The maximum absolute atomic E-state index is 12.4. The van der Waals surface area contributed by atoms with Crippen LogP contribution >= 0.6 is 15.9 Å². The lowest BCUT2D eigenvalue weighted by molar-refractivity contribution is 0.0680. The standard InChI is InChI=1S/C13H20BrN3O/c1-9-8-12(16(3)15-9)13(18)17-6-4-11(5-7-17)10(2)14/h8,10-11H,4-7H2,1-3H3. The van der Waals surface area contributed by atoms with E-state index in [9.17, 15) is 4.79 Å². The fraction of sp³-hybridized carbons (Fsp3) is 0.692. The van der Waals surface area contributed by atoms with Crippen molar-refractivity contribution >= 4 is 21.8 Å². The average molecular weight is 314 g/mol. The molecule has 1 aromatic rings. The van der Waals surface area contributed by atoms with Gasteiger partial charge in [-0.05, 0) is 31.7 Å². The number of aryl methyl sites for hydroxylation is 2. The zero-order valence-electron chi connectivity index (χ0n) is 11.2. The van der Waals surface area contributed by atoms with Crippen LogP contribution in [0.2, 0.25) is 0 Å². The van der Waals surface area contributed by atoms with Gasteiger partial charge in [-0.25, -0.2) is 0 Å². The quantitative estimate of drug-likeness (QED) is 0.786. The Morgan fingerprint density at radius 1 is 1.50 bits per heavy atom. The Labute approximate surface area is 116 Å². The second kappa shape index (κ2) is 5.43. The number of hydrogen-bond acceptors (Lipinski definition) is 2. The zero-order valence-corrected chi connectivity index (χ0v) is 12.8. The first-order valence-electron chi connectivity index (χ1n) is 6.43. The van der Waals surface area contributed by atoms with E-state index in [0.29, 0.717) is 16.4 Å². The van der Waals surface area contributed by atoms with Gasteiger partial charge in [0.2, 0.25) is 0 Å². The maximum Gasteiger partial charge on any atom is 0.272 e. The van der Waals surface area contributed by atoms with Crippen LogP contribution in [-0.4, -0.2) is 38.5 Å². The predicted molar refractivity (Wildman–Crippen MR) is 75.0 cm³/mol. The summed E-state index contributed by atoms with van der Waals surface area (Å²) >= 11 is 3.64. The molecule has 0 bridgehead atoms. The van der Waals surface area contributed by atoms with Crippen molar-refractivity contribution in [2.45, 2.75) is 31.5 Å². The van der Waals surface area contributed by atoms with E-state index in [4.69, 9.17) is 0 Å². The van der Waals surface area contributed by atoms with E-state index in [-0.39, 0.29) is 5.91 Å². The smallest absolute Gasteiger partial charge is 0.272 e. The van der Waals surface area contributed by atoms with Crippen LogP contribution in [0.4, 0.5) is 0 Å². The van der Waals surface area contributed by atoms with Crippen molar-refractivity contribution in [1.82, 2.24) is 14.7 Å². The first kappa shape index (κ1) is 13.6. The third kappa shape index (κ3) is 2.76. The molecule has 4 nitrogen and oxygen atoms in total. The van der Waals surface area contributed by atoms with Gasteiger partial charge in [0.1, 0.15) is 5.69 Å². The first-order chi connectivity index (χ1) is 8.49. The number of alkyl halides is 1. The Bertz CT molecular complexity index is 433. The van der Waals surface area contributed by atoms with Crippen LogP contribution in [0.15, 0.2) is 6.07 Å². The van der Waals surface area contributed by atoms with Gasteiger partial charge < -0.3 is 4.90 Å². The largest absolute Gasteiger partial charge is 0.337 e. The molecular formula is C13H20BrN3O. The zero-order chi connectivity index (χ0) is 13.3. The van der Waals surface area contributed by atoms with Gasteiger partial charge in [0, 0.05) is 25.0 Å². The molecule has 2 rings (SSSR count). The molecule has 100 valence electrons. The highest BCUT2D eigenvalue weighted by atomic mass is 79.9. The molecule has 0 aromatic carbocycles. The van der Waals surface area contributed by atoms with E-state index < -0.39 is 0 Å². The van der Waals surface area contributed by atoms with E-state index in [0.717, 1.165) is 31.6 Å². The predicted octanol–water partition coefficient (Wildman–Crippen LogP) is 2.36. The Morgan fingerprint density at radius 2 is 2.11 bits per heavy atom. The molecule has 1 aliphatic rings. The van der Waals surface area contributed by atoms with Crippen molar-refractivity contribution in [3.05, 3.63) is 17.5 Å². The van der Waals surface area contributed by atoms with E-state index in [2.05, 4.69) is 28.0 Å². The molecule has 0 spiro atoms. The van der Waals surface area contributed by atoms with E-state index >= 15 is 0 Å². The number of likely N-dealkylation sites (tertiary alicyclic amines) is 1. The summed E-state index contributed by atoms with van der Waals surface area (Å²) in [4.78, 5) is 14.8. The van der Waals surface area contributed by atoms with Gasteiger partial charge in [-0.15, -0.1) is 0 Å². The van der Waals surface area contributed by atoms with E-state index in [1.54, 1.807) is 4.68 Å².